The van der Waals surface area contributed by atoms with Crippen LogP contribution < -0.4 is 0 Å². The lowest BCUT2D eigenvalue weighted by Crippen LogP contribution is -2.10. The van der Waals surface area contributed by atoms with E-state index in [1.165, 1.54) is 77.0 Å². The maximum absolute atomic E-state index is 4.66. The molecule has 0 atom stereocenters. The van der Waals surface area contributed by atoms with Crippen molar-refractivity contribution in [3.8, 4) is 0 Å². The van der Waals surface area contributed by atoms with Gasteiger partial charge in [-0.05, 0) is 25.8 Å². The molecular formula is C19H36N2. The van der Waals surface area contributed by atoms with Crippen LogP contribution in [0.25, 0.3) is 0 Å². The van der Waals surface area contributed by atoms with Crippen molar-refractivity contribution in [3.63, 3.8) is 0 Å². The molecule has 1 aromatic rings. The van der Waals surface area contributed by atoms with Crippen LogP contribution >= 0.6 is 0 Å². The molecular weight excluding hydrogens is 256 g/mol. The Morgan fingerprint density at radius 2 is 1.38 bits per heavy atom. The van der Waals surface area contributed by atoms with E-state index >= 15 is 0 Å². The van der Waals surface area contributed by atoms with E-state index in [9.17, 15) is 0 Å². The molecule has 0 spiro atoms. The highest BCUT2D eigenvalue weighted by Gasteiger charge is 2.11. The van der Waals surface area contributed by atoms with Crippen molar-refractivity contribution in [2.24, 2.45) is 0 Å². The predicted molar refractivity (Wildman–Crippen MR) is 92.8 cm³/mol. The van der Waals surface area contributed by atoms with Gasteiger partial charge < -0.3 is 0 Å². The molecule has 0 radical (unpaired) electrons. The molecule has 0 aromatic carbocycles. The van der Waals surface area contributed by atoms with Gasteiger partial charge >= 0.3 is 0 Å². The normalized spacial score (nSPS) is 11.4. The molecule has 2 heteroatoms. The van der Waals surface area contributed by atoms with Crippen LogP contribution in [0.2, 0.25) is 0 Å². The third-order valence-electron chi connectivity index (χ3n) is 4.40. The smallest absolute Gasteiger partial charge is 0.0593 e. The number of aryl methyl sites for hydroxylation is 1. The zero-order valence-electron chi connectivity index (χ0n) is 14.6. The molecule has 0 saturated carbocycles. The maximum Gasteiger partial charge on any atom is 0.0593 e. The Labute approximate surface area is 132 Å². The number of aromatic nitrogens is 2. The van der Waals surface area contributed by atoms with Crippen LogP contribution in [0.5, 0.6) is 0 Å². The SMILES string of the molecule is CCCCCCCC(CCCCCCC)n1ccc(C)n1. The van der Waals surface area contributed by atoms with Crippen molar-refractivity contribution >= 4 is 0 Å². The summed E-state index contributed by atoms with van der Waals surface area (Å²) in [5.74, 6) is 0. The van der Waals surface area contributed by atoms with Gasteiger partial charge in [0.15, 0.2) is 0 Å². The molecule has 0 fully saturated rings. The molecule has 1 rings (SSSR count). The summed E-state index contributed by atoms with van der Waals surface area (Å²) < 4.78 is 2.23. The van der Waals surface area contributed by atoms with Crippen molar-refractivity contribution in [3.05, 3.63) is 18.0 Å². The molecule has 122 valence electrons. The Hall–Kier alpha value is -0.790. The van der Waals surface area contributed by atoms with Gasteiger partial charge in [-0.3, -0.25) is 4.68 Å². The number of unbranched alkanes of at least 4 members (excludes halogenated alkanes) is 8. The van der Waals surface area contributed by atoms with Gasteiger partial charge in [0.25, 0.3) is 0 Å². The van der Waals surface area contributed by atoms with Crippen LogP contribution in [0.3, 0.4) is 0 Å². The van der Waals surface area contributed by atoms with E-state index in [4.69, 9.17) is 0 Å². The fourth-order valence-corrected chi connectivity index (χ4v) is 3.01. The minimum absolute atomic E-state index is 0.627. The summed E-state index contributed by atoms with van der Waals surface area (Å²) in [6, 6.07) is 2.77. The average Bonchev–Trinajstić information content (AvgIpc) is 2.91. The number of hydrogen-bond acceptors (Lipinski definition) is 1. The molecule has 0 aliphatic rings. The first-order valence-corrected chi connectivity index (χ1v) is 9.29. The fraction of sp³-hybridized carbons (Fsp3) is 0.842. The van der Waals surface area contributed by atoms with Crippen LogP contribution in [0, 0.1) is 6.92 Å². The molecule has 1 aromatic heterocycles. The summed E-state index contributed by atoms with van der Waals surface area (Å²) in [5.41, 5.74) is 1.15. The van der Waals surface area contributed by atoms with Gasteiger partial charge in [0.05, 0.1) is 11.7 Å². The highest BCUT2D eigenvalue weighted by molar-refractivity contribution is 4.96. The molecule has 2 nitrogen and oxygen atoms in total. The predicted octanol–water partition coefficient (Wildman–Crippen LogP) is 6.45. The zero-order chi connectivity index (χ0) is 15.3. The van der Waals surface area contributed by atoms with E-state index in [0.717, 1.165) is 5.69 Å². The van der Waals surface area contributed by atoms with E-state index in [1.54, 1.807) is 0 Å². The van der Waals surface area contributed by atoms with Crippen LogP contribution in [0.4, 0.5) is 0 Å². The van der Waals surface area contributed by atoms with Crippen LogP contribution in [0.1, 0.15) is 103 Å². The van der Waals surface area contributed by atoms with Crippen LogP contribution in [-0.4, -0.2) is 9.78 Å². The van der Waals surface area contributed by atoms with Crippen molar-refractivity contribution in [2.45, 2.75) is 104 Å². The second-order valence-electron chi connectivity index (χ2n) is 6.50. The molecule has 1 heterocycles. The summed E-state index contributed by atoms with van der Waals surface area (Å²) in [6.07, 6.45) is 18.5. The van der Waals surface area contributed by atoms with Gasteiger partial charge in [0.1, 0.15) is 0 Å². The summed E-state index contributed by atoms with van der Waals surface area (Å²) in [7, 11) is 0. The van der Waals surface area contributed by atoms with Crippen molar-refractivity contribution < 1.29 is 0 Å². The largest absolute Gasteiger partial charge is 0.269 e. The van der Waals surface area contributed by atoms with E-state index in [0.29, 0.717) is 6.04 Å². The summed E-state index contributed by atoms with van der Waals surface area (Å²) >= 11 is 0. The molecule has 21 heavy (non-hydrogen) atoms. The molecule has 0 amide bonds. The first-order chi connectivity index (χ1) is 10.3. The Kier molecular flexibility index (Phi) is 10.3. The Morgan fingerprint density at radius 3 is 1.81 bits per heavy atom. The van der Waals surface area contributed by atoms with Crippen molar-refractivity contribution in [1.82, 2.24) is 9.78 Å². The second-order valence-corrected chi connectivity index (χ2v) is 6.50. The zero-order valence-corrected chi connectivity index (χ0v) is 14.6. The van der Waals surface area contributed by atoms with Crippen LogP contribution in [-0.2, 0) is 0 Å². The Bertz CT molecular complexity index is 329. The van der Waals surface area contributed by atoms with Gasteiger partial charge in [-0.2, -0.15) is 5.10 Å². The summed E-state index contributed by atoms with van der Waals surface area (Å²) in [5, 5.41) is 4.66. The molecule has 0 saturated heterocycles. The first kappa shape index (κ1) is 18.3. The van der Waals surface area contributed by atoms with Crippen molar-refractivity contribution in [2.75, 3.05) is 0 Å². The molecule has 0 N–H and O–H groups in total. The van der Waals surface area contributed by atoms with Gasteiger partial charge in [-0.1, -0.05) is 78.1 Å². The minimum Gasteiger partial charge on any atom is -0.269 e. The highest BCUT2D eigenvalue weighted by Crippen LogP contribution is 2.23. The second kappa shape index (κ2) is 11.8. The van der Waals surface area contributed by atoms with E-state index in [1.807, 2.05) is 0 Å². The van der Waals surface area contributed by atoms with Gasteiger partial charge in [-0.15, -0.1) is 0 Å². The highest BCUT2D eigenvalue weighted by atomic mass is 15.3. The lowest BCUT2D eigenvalue weighted by molar-refractivity contribution is 0.366. The standard InChI is InChI=1S/C19H36N2/c1-4-6-8-10-12-14-19(15-13-11-9-7-5-2)21-17-16-18(3)20-21/h16-17,19H,4-15H2,1-3H3. The number of rotatable bonds is 13. The minimum atomic E-state index is 0.627. The number of hydrogen-bond donors (Lipinski definition) is 0. The lowest BCUT2D eigenvalue weighted by atomic mass is 10.0. The lowest BCUT2D eigenvalue weighted by Gasteiger charge is -2.17. The quantitative estimate of drug-likeness (QED) is 0.382. The third kappa shape index (κ3) is 8.28. The van der Waals surface area contributed by atoms with E-state index in [2.05, 4.69) is 42.8 Å². The third-order valence-corrected chi connectivity index (χ3v) is 4.40. The molecule has 0 aliphatic carbocycles. The van der Waals surface area contributed by atoms with Gasteiger partial charge in [-0.25, -0.2) is 0 Å². The Morgan fingerprint density at radius 1 is 0.857 bits per heavy atom. The molecule has 0 bridgehead atoms. The van der Waals surface area contributed by atoms with Crippen molar-refractivity contribution in [1.29, 1.82) is 0 Å². The summed E-state index contributed by atoms with van der Waals surface area (Å²) in [6.45, 7) is 6.66. The van der Waals surface area contributed by atoms with Crippen LogP contribution in [0.15, 0.2) is 12.3 Å². The maximum atomic E-state index is 4.66. The van der Waals surface area contributed by atoms with Gasteiger partial charge in [0, 0.05) is 6.20 Å². The molecule has 0 unspecified atom stereocenters. The van der Waals surface area contributed by atoms with E-state index in [-0.39, 0.29) is 0 Å². The fourth-order valence-electron chi connectivity index (χ4n) is 3.01. The number of nitrogens with zero attached hydrogens (tertiary/aromatic N) is 2. The van der Waals surface area contributed by atoms with E-state index < -0.39 is 0 Å². The molecule has 0 aliphatic heterocycles. The van der Waals surface area contributed by atoms with Gasteiger partial charge in [0.2, 0.25) is 0 Å². The first-order valence-electron chi connectivity index (χ1n) is 9.29. The monoisotopic (exact) mass is 292 g/mol. The average molecular weight is 293 g/mol. The topological polar surface area (TPSA) is 17.8 Å². The Balaban J connectivity index is 2.32. The summed E-state index contributed by atoms with van der Waals surface area (Å²) in [4.78, 5) is 0.